The van der Waals surface area contributed by atoms with Crippen molar-refractivity contribution >= 4 is 17.2 Å². The maximum atomic E-state index is 13.6. The summed E-state index contributed by atoms with van der Waals surface area (Å²) in [5.74, 6) is -1.70. The first-order valence-electron chi connectivity index (χ1n) is 10.6. The van der Waals surface area contributed by atoms with Crippen molar-refractivity contribution in [1.29, 1.82) is 0 Å². The first-order valence-corrected chi connectivity index (χ1v) is 11.4. The van der Waals surface area contributed by atoms with E-state index in [1.165, 1.54) is 23.9 Å². The summed E-state index contributed by atoms with van der Waals surface area (Å²) in [7, 11) is 0. The van der Waals surface area contributed by atoms with E-state index in [1.807, 2.05) is 17.6 Å². The number of aliphatic hydroxyl groups is 1. The van der Waals surface area contributed by atoms with E-state index in [9.17, 15) is 18.7 Å². The molecule has 0 saturated carbocycles. The zero-order valence-electron chi connectivity index (χ0n) is 17.7. The SMILES string of the molecule is CC(=O)N[C@@H](Cc1cc(F)cc(F)c1)[C@H](O)CNC1(c2cccs2)CCc2n[nH]cc2C1. The molecule has 0 saturated heterocycles. The molecule has 4 N–H and O–H groups in total. The predicted octanol–water partition coefficient (Wildman–Crippen LogP) is 2.83. The van der Waals surface area contributed by atoms with Crippen molar-refractivity contribution in [1.82, 2.24) is 20.8 Å². The number of fused-ring (bicyclic) bond motifs is 1. The van der Waals surface area contributed by atoms with E-state index < -0.39 is 23.8 Å². The summed E-state index contributed by atoms with van der Waals surface area (Å²) in [6.07, 6.45) is 3.40. The molecule has 0 radical (unpaired) electrons. The molecule has 4 rings (SSSR count). The van der Waals surface area contributed by atoms with Gasteiger partial charge in [-0.2, -0.15) is 5.10 Å². The van der Waals surface area contributed by atoms with Crippen LogP contribution in [-0.4, -0.2) is 39.9 Å². The van der Waals surface area contributed by atoms with Crippen molar-refractivity contribution in [2.75, 3.05) is 6.54 Å². The van der Waals surface area contributed by atoms with Gasteiger partial charge < -0.3 is 15.7 Å². The van der Waals surface area contributed by atoms with Crippen molar-refractivity contribution in [3.8, 4) is 0 Å². The van der Waals surface area contributed by atoms with Crippen molar-refractivity contribution in [3.05, 3.63) is 75.2 Å². The molecule has 1 unspecified atom stereocenters. The molecule has 3 aromatic rings. The molecule has 1 amide bonds. The van der Waals surface area contributed by atoms with E-state index in [4.69, 9.17) is 0 Å². The molecule has 1 aliphatic rings. The summed E-state index contributed by atoms with van der Waals surface area (Å²) in [6, 6.07) is 6.61. The zero-order chi connectivity index (χ0) is 22.7. The van der Waals surface area contributed by atoms with Gasteiger partial charge in [-0.25, -0.2) is 8.78 Å². The van der Waals surface area contributed by atoms with E-state index in [0.717, 1.165) is 36.6 Å². The minimum absolute atomic E-state index is 0.106. The Hall–Kier alpha value is -2.62. The van der Waals surface area contributed by atoms with Crippen LogP contribution in [0, 0.1) is 11.6 Å². The summed E-state index contributed by atoms with van der Waals surface area (Å²) < 4.78 is 27.3. The maximum absolute atomic E-state index is 13.6. The monoisotopic (exact) mass is 460 g/mol. The Morgan fingerprint density at radius 1 is 1.34 bits per heavy atom. The second-order valence-corrected chi connectivity index (χ2v) is 9.28. The third-order valence-electron chi connectivity index (χ3n) is 5.96. The molecule has 1 aromatic carbocycles. The highest BCUT2D eigenvalue weighted by molar-refractivity contribution is 7.10. The van der Waals surface area contributed by atoms with E-state index in [0.29, 0.717) is 5.56 Å². The molecule has 0 fully saturated rings. The standard InChI is InChI=1S/C23H26F2N4O2S/c1-14(30)28-20(9-15-7-17(24)10-18(25)8-15)21(31)13-26-23(22-3-2-6-32-22)5-4-19-16(11-23)12-27-29-19/h2-3,6-8,10,12,20-21,26,31H,4-5,9,11,13H2,1H3,(H,27,29)(H,28,30)/t20-,21+,23?/m0/s1. The highest BCUT2D eigenvalue weighted by Gasteiger charge is 2.38. The highest BCUT2D eigenvalue weighted by Crippen LogP contribution is 2.38. The number of thiophene rings is 1. The number of aliphatic hydroxyl groups excluding tert-OH is 1. The van der Waals surface area contributed by atoms with Crippen LogP contribution in [0.15, 0.2) is 41.9 Å². The van der Waals surface area contributed by atoms with Gasteiger partial charge in [0, 0.05) is 30.6 Å². The Bertz CT molecular complexity index is 1050. The molecule has 2 aromatic heterocycles. The molecule has 1 aliphatic carbocycles. The fourth-order valence-corrected chi connectivity index (χ4v) is 5.36. The summed E-state index contributed by atoms with van der Waals surface area (Å²) in [5, 5.41) is 26.5. The van der Waals surface area contributed by atoms with Gasteiger partial charge in [0.1, 0.15) is 11.6 Å². The van der Waals surface area contributed by atoms with E-state index in [2.05, 4.69) is 26.9 Å². The second kappa shape index (κ2) is 9.48. The summed E-state index contributed by atoms with van der Waals surface area (Å²) in [5.41, 5.74) is 2.20. The van der Waals surface area contributed by atoms with Crippen LogP contribution in [-0.2, 0) is 29.6 Å². The Morgan fingerprint density at radius 3 is 2.81 bits per heavy atom. The number of hydrogen-bond donors (Lipinski definition) is 4. The molecule has 6 nitrogen and oxygen atoms in total. The van der Waals surface area contributed by atoms with E-state index in [-0.39, 0.29) is 24.4 Å². The number of aryl methyl sites for hydroxylation is 1. The smallest absolute Gasteiger partial charge is 0.217 e. The predicted molar refractivity (Wildman–Crippen MR) is 118 cm³/mol. The largest absolute Gasteiger partial charge is 0.390 e. The number of aromatic amines is 1. The van der Waals surface area contributed by atoms with Gasteiger partial charge in [-0.05, 0) is 60.4 Å². The lowest BCUT2D eigenvalue weighted by Gasteiger charge is -2.38. The van der Waals surface area contributed by atoms with Crippen LogP contribution in [0.1, 0.15) is 35.0 Å². The molecule has 9 heteroatoms. The molecule has 0 bridgehead atoms. The quantitative estimate of drug-likeness (QED) is 0.416. The van der Waals surface area contributed by atoms with Crippen LogP contribution in [0.2, 0.25) is 0 Å². The van der Waals surface area contributed by atoms with Crippen LogP contribution in [0.25, 0.3) is 0 Å². The van der Waals surface area contributed by atoms with Crippen molar-refractivity contribution < 1.29 is 18.7 Å². The molecule has 3 atom stereocenters. The molecular formula is C23H26F2N4O2S. The van der Waals surface area contributed by atoms with Crippen molar-refractivity contribution in [2.24, 2.45) is 0 Å². The third-order valence-corrected chi connectivity index (χ3v) is 7.04. The topological polar surface area (TPSA) is 90.0 Å². The number of nitrogens with one attached hydrogen (secondary N) is 3. The van der Waals surface area contributed by atoms with Crippen molar-refractivity contribution in [2.45, 2.75) is 50.3 Å². The average Bonchev–Trinajstić information content (AvgIpc) is 3.42. The Labute approximate surface area is 189 Å². The highest BCUT2D eigenvalue weighted by atomic mass is 32.1. The van der Waals surface area contributed by atoms with Crippen LogP contribution < -0.4 is 10.6 Å². The van der Waals surface area contributed by atoms with E-state index >= 15 is 0 Å². The number of carbonyl (C=O) groups excluding carboxylic acids is 1. The zero-order valence-corrected chi connectivity index (χ0v) is 18.5. The number of hydrogen-bond acceptors (Lipinski definition) is 5. The van der Waals surface area contributed by atoms with Gasteiger partial charge >= 0.3 is 0 Å². The molecule has 32 heavy (non-hydrogen) atoms. The number of carbonyl (C=O) groups is 1. The van der Waals surface area contributed by atoms with Gasteiger partial charge in [-0.15, -0.1) is 11.3 Å². The average molecular weight is 461 g/mol. The molecule has 170 valence electrons. The summed E-state index contributed by atoms with van der Waals surface area (Å²) >= 11 is 1.65. The number of rotatable bonds is 8. The number of amides is 1. The normalized spacial score (nSPS) is 19.9. The maximum Gasteiger partial charge on any atom is 0.217 e. The number of benzene rings is 1. The van der Waals surface area contributed by atoms with Gasteiger partial charge in [0.15, 0.2) is 0 Å². The fraction of sp³-hybridized carbons (Fsp3) is 0.391. The number of nitrogens with zero attached hydrogens (tertiary/aromatic N) is 1. The number of H-pyrrole nitrogens is 1. The van der Waals surface area contributed by atoms with Crippen molar-refractivity contribution in [3.63, 3.8) is 0 Å². The minimum Gasteiger partial charge on any atom is -0.390 e. The Morgan fingerprint density at radius 2 is 2.12 bits per heavy atom. The lowest BCUT2D eigenvalue weighted by atomic mass is 9.79. The number of halogens is 2. The lowest BCUT2D eigenvalue weighted by molar-refractivity contribution is -0.120. The lowest BCUT2D eigenvalue weighted by Crippen LogP contribution is -2.54. The van der Waals surface area contributed by atoms with E-state index in [1.54, 1.807) is 11.3 Å². The van der Waals surface area contributed by atoms with Crippen LogP contribution in [0.4, 0.5) is 8.78 Å². The van der Waals surface area contributed by atoms with Gasteiger partial charge in [0.25, 0.3) is 0 Å². The summed E-state index contributed by atoms with van der Waals surface area (Å²) in [6.45, 7) is 1.56. The summed E-state index contributed by atoms with van der Waals surface area (Å²) in [4.78, 5) is 12.9. The Balaban J connectivity index is 1.51. The number of aromatic nitrogens is 2. The second-order valence-electron chi connectivity index (χ2n) is 8.33. The Kier molecular flexibility index (Phi) is 6.68. The minimum atomic E-state index is -0.965. The first kappa shape index (κ1) is 22.6. The third kappa shape index (κ3) is 5.06. The van der Waals surface area contributed by atoms with Crippen LogP contribution >= 0.6 is 11.3 Å². The van der Waals surface area contributed by atoms with Gasteiger partial charge in [-0.1, -0.05) is 6.07 Å². The van der Waals surface area contributed by atoms with Gasteiger partial charge in [-0.3, -0.25) is 9.89 Å². The first-order chi connectivity index (χ1) is 15.3. The van der Waals surface area contributed by atoms with Gasteiger partial charge in [0.05, 0.1) is 23.4 Å². The molecule has 0 aliphatic heterocycles. The van der Waals surface area contributed by atoms with Crippen LogP contribution in [0.5, 0.6) is 0 Å². The fourth-order valence-electron chi connectivity index (χ4n) is 4.43. The molecule has 0 spiro atoms. The molecular weight excluding hydrogens is 434 g/mol. The van der Waals surface area contributed by atoms with Crippen LogP contribution in [0.3, 0.4) is 0 Å². The van der Waals surface area contributed by atoms with Gasteiger partial charge in [0.2, 0.25) is 5.91 Å². The molecule has 2 heterocycles.